The highest BCUT2D eigenvalue weighted by molar-refractivity contribution is 7.99. The molecule has 1 aromatic carbocycles. The predicted octanol–water partition coefficient (Wildman–Crippen LogP) is 3.79. The Morgan fingerprint density at radius 3 is 2.60 bits per heavy atom. The maximum absolute atomic E-state index is 12.5. The third-order valence-corrected chi connectivity index (χ3v) is 4.95. The number of carbonyl (C=O) groups excluding carboxylic acids is 1. The molecule has 4 heteroatoms. The van der Waals surface area contributed by atoms with E-state index >= 15 is 0 Å². The first-order valence-electron chi connectivity index (χ1n) is 7.25. The first kappa shape index (κ1) is 15.7. The molecule has 0 spiro atoms. The van der Waals surface area contributed by atoms with Crippen LogP contribution in [0, 0.1) is 5.92 Å². The van der Waals surface area contributed by atoms with Crippen molar-refractivity contribution < 1.29 is 4.79 Å². The topological polar surface area (TPSA) is 20.3 Å². The third kappa shape index (κ3) is 5.02. The second kappa shape index (κ2) is 8.58. The molecule has 1 amide bonds. The number of alkyl halides is 1. The Balaban J connectivity index is 1.91. The van der Waals surface area contributed by atoms with Crippen LogP contribution >= 0.6 is 23.4 Å². The largest absolute Gasteiger partial charge is 0.337 e. The van der Waals surface area contributed by atoms with Gasteiger partial charge < -0.3 is 4.90 Å². The van der Waals surface area contributed by atoms with E-state index in [0.717, 1.165) is 0 Å². The minimum Gasteiger partial charge on any atom is -0.337 e. The molecular formula is C16H22ClNOS. The predicted molar refractivity (Wildman–Crippen MR) is 87.2 cm³/mol. The molecule has 0 radical (unpaired) electrons. The van der Waals surface area contributed by atoms with Gasteiger partial charge in [-0.05, 0) is 35.8 Å². The van der Waals surface area contributed by atoms with Crippen molar-refractivity contribution in [3.8, 4) is 0 Å². The molecule has 1 aliphatic heterocycles. The van der Waals surface area contributed by atoms with Gasteiger partial charge in [-0.25, -0.2) is 0 Å². The average molecular weight is 312 g/mol. The lowest BCUT2D eigenvalue weighted by molar-refractivity contribution is -0.132. The number of hydrogen-bond acceptors (Lipinski definition) is 2. The highest BCUT2D eigenvalue weighted by atomic mass is 35.5. The lowest BCUT2D eigenvalue weighted by Gasteiger charge is -2.26. The summed E-state index contributed by atoms with van der Waals surface area (Å²) in [5.74, 6) is 3.72. The number of carbonyl (C=O) groups is 1. The maximum atomic E-state index is 12.5. The normalized spacial score (nSPS) is 16.1. The van der Waals surface area contributed by atoms with Gasteiger partial charge in [0.15, 0.2) is 0 Å². The van der Waals surface area contributed by atoms with E-state index in [1.807, 2.05) is 34.9 Å². The van der Waals surface area contributed by atoms with E-state index in [-0.39, 0.29) is 5.91 Å². The van der Waals surface area contributed by atoms with Crippen LogP contribution in [0.1, 0.15) is 24.8 Å². The molecule has 0 unspecified atom stereocenters. The quantitative estimate of drug-likeness (QED) is 0.745. The first-order valence-corrected chi connectivity index (χ1v) is 8.94. The minimum atomic E-state index is 0.256. The molecule has 0 saturated carbocycles. The molecule has 2 nitrogen and oxygen atoms in total. The lowest BCUT2D eigenvalue weighted by Crippen LogP contribution is -2.34. The molecule has 1 aromatic rings. The average Bonchev–Trinajstić information content (AvgIpc) is 2.49. The van der Waals surface area contributed by atoms with Crippen LogP contribution in [0.3, 0.4) is 0 Å². The molecule has 0 bridgehead atoms. The Hall–Kier alpha value is -0.670. The van der Waals surface area contributed by atoms with Crippen LogP contribution in [0.25, 0.3) is 0 Å². The Labute approximate surface area is 130 Å². The Bertz CT molecular complexity index is 406. The summed E-state index contributed by atoms with van der Waals surface area (Å²) in [7, 11) is 0. The Morgan fingerprint density at radius 2 is 1.95 bits per heavy atom. The summed E-state index contributed by atoms with van der Waals surface area (Å²) in [6.07, 6.45) is 3.04. The summed E-state index contributed by atoms with van der Waals surface area (Å²) in [6.45, 7) is 1.31. The van der Waals surface area contributed by atoms with Gasteiger partial charge in [0.05, 0.1) is 0 Å². The Morgan fingerprint density at radius 1 is 1.25 bits per heavy atom. The lowest BCUT2D eigenvalue weighted by atomic mass is 9.98. The van der Waals surface area contributed by atoms with Crippen molar-refractivity contribution in [2.45, 2.75) is 25.8 Å². The fourth-order valence-corrected chi connectivity index (χ4v) is 3.93. The van der Waals surface area contributed by atoms with Gasteiger partial charge in [-0.1, -0.05) is 30.3 Å². The minimum absolute atomic E-state index is 0.256. The van der Waals surface area contributed by atoms with Gasteiger partial charge in [0.25, 0.3) is 0 Å². The van der Waals surface area contributed by atoms with Crippen LogP contribution in [0.5, 0.6) is 0 Å². The zero-order chi connectivity index (χ0) is 14.2. The number of hydrogen-bond donors (Lipinski definition) is 0. The van der Waals surface area contributed by atoms with Crippen molar-refractivity contribution >= 4 is 29.3 Å². The fourth-order valence-electron chi connectivity index (χ4n) is 2.52. The third-order valence-electron chi connectivity index (χ3n) is 3.73. The summed E-state index contributed by atoms with van der Waals surface area (Å²) < 4.78 is 0. The van der Waals surface area contributed by atoms with E-state index in [1.54, 1.807) is 0 Å². The number of amides is 1. The van der Waals surface area contributed by atoms with Gasteiger partial charge in [-0.3, -0.25) is 4.79 Å². The highest BCUT2D eigenvalue weighted by Gasteiger charge is 2.21. The number of halogens is 1. The van der Waals surface area contributed by atoms with Crippen molar-refractivity contribution in [1.82, 2.24) is 4.90 Å². The zero-order valence-corrected chi connectivity index (χ0v) is 13.3. The van der Waals surface area contributed by atoms with Crippen LogP contribution in [-0.2, 0) is 11.3 Å². The van der Waals surface area contributed by atoms with Gasteiger partial charge in [-0.15, -0.1) is 11.6 Å². The van der Waals surface area contributed by atoms with Crippen LogP contribution in [0.15, 0.2) is 30.3 Å². The summed E-state index contributed by atoms with van der Waals surface area (Å²) in [5, 5.41) is 0. The second-order valence-electron chi connectivity index (χ2n) is 5.25. The van der Waals surface area contributed by atoms with Gasteiger partial charge in [-0.2, -0.15) is 11.8 Å². The van der Waals surface area contributed by atoms with Crippen molar-refractivity contribution in [2.75, 3.05) is 23.9 Å². The molecule has 0 atom stereocenters. The van der Waals surface area contributed by atoms with Crippen LogP contribution in [0.4, 0.5) is 0 Å². The summed E-state index contributed by atoms with van der Waals surface area (Å²) in [4.78, 5) is 14.4. The van der Waals surface area contributed by atoms with E-state index < -0.39 is 0 Å². The van der Waals surface area contributed by atoms with Crippen molar-refractivity contribution in [1.29, 1.82) is 0 Å². The monoisotopic (exact) mass is 311 g/mol. The van der Waals surface area contributed by atoms with Crippen molar-refractivity contribution in [3.63, 3.8) is 0 Å². The zero-order valence-electron chi connectivity index (χ0n) is 11.8. The molecule has 2 rings (SSSR count). The highest BCUT2D eigenvalue weighted by Crippen LogP contribution is 2.26. The molecule has 1 aliphatic rings. The van der Waals surface area contributed by atoms with E-state index in [2.05, 4.69) is 12.1 Å². The van der Waals surface area contributed by atoms with Crippen LogP contribution in [0.2, 0.25) is 0 Å². The maximum Gasteiger partial charge on any atom is 0.223 e. The van der Waals surface area contributed by atoms with Crippen LogP contribution < -0.4 is 0 Å². The van der Waals surface area contributed by atoms with Crippen molar-refractivity contribution in [2.24, 2.45) is 5.92 Å². The van der Waals surface area contributed by atoms with E-state index in [4.69, 9.17) is 11.6 Å². The molecule has 20 heavy (non-hydrogen) atoms. The smallest absolute Gasteiger partial charge is 0.223 e. The molecule has 0 aliphatic carbocycles. The van der Waals surface area contributed by atoms with Gasteiger partial charge in [0, 0.05) is 25.4 Å². The Kier molecular flexibility index (Phi) is 6.74. The molecule has 0 N–H and O–H groups in total. The van der Waals surface area contributed by atoms with Gasteiger partial charge in [0.1, 0.15) is 0 Å². The molecule has 1 saturated heterocycles. The number of nitrogens with zero attached hydrogens (tertiary/aromatic N) is 1. The summed E-state index contributed by atoms with van der Waals surface area (Å²) in [6, 6.07) is 10.1. The standard InChI is InChI=1S/C16H22ClNOS/c17-8-9-18(13-15-4-2-1-3-5-15)16(19)12-14-6-10-20-11-7-14/h1-5,14H,6-13H2. The van der Waals surface area contributed by atoms with E-state index in [0.29, 0.717) is 31.3 Å². The molecule has 110 valence electrons. The summed E-state index contributed by atoms with van der Waals surface area (Å²) >= 11 is 7.85. The van der Waals surface area contributed by atoms with Crippen molar-refractivity contribution in [3.05, 3.63) is 35.9 Å². The fraction of sp³-hybridized carbons (Fsp3) is 0.562. The summed E-state index contributed by atoms with van der Waals surface area (Å²) in [5.41, 5.74) is 1.17. The van der Waals surface area contributed by atoms with E-state index in [1.165, 1.54) is 29.9 Å². The SMILES string of the molecule is O=C(CC1CCSCC1)N(CCCl)Cc1ccccc1. The number of thioether (sulfide) groups is 1. The molecule has 0 aromatic heterocycles. The van der Waals surface area contributed by atoms with Crippen LogP contribution in [-0.4, -0.2) is 34.7 Å². The van der Waals surface area contributed by atoms with E-state index in [9.17, 15) is 4.79 Å². The molecular weight excluding hydrogens is 290 g/mol. The second-order valence-corrected chi connectivity index (χ2v) is 6.85. The first-order chi connectivity index (χ1) is 9.79. The van der Waals surface area contributed by atoms with Gasteiger partial charge in [0.2, 0.25) is 5.91 Å². The molecule has 1 fully saturated rings. The number of rotatable bonds is 6. The number of benzene rings is 1. The molecule has 1 heterocycles. The van der Waals surface area contributed by atoms with Gasteiger partial charge >= 0.3 is 0 Å².